The Labute approximate surface area is 212 Å². The number of guanidine groups is 1. The van der Waals surface area contributed by atoms with Crippen molar-refractivity contribution in [2.24, 2.45) is 4.99 Å². The van der Waals surface area contributed by atoms with Crippen molar-refractivity contribution < 1.29 is 9.53 Å². The lowest BCUT2D eigenvalue weighted by molar-refractivity contribution is 0.0957. The first-order valence-corrected chi connectivity index (χ1v) is 11.7. The van der Waals surface area contributed by atoms with Gasteiger partial charge >= 0.3 is 0 Å². The van der Waals surface area contributed by atoms with Crippen molar-refractivity contribution >= 4 is 47.2 Å². The lowest BCUT2D eigenvalue weighted by Crippen LogP contribution is -2.43. The normalized spacial score (nSPS) is 15.0. The molecule has 1 saturated heterocycles. The molecule has 176 valence electrons. The van der Waals surface area contributed by atoms with Gasteiger partial charge < -0.3 is 20.7 Å². The zero-order valence-electron chi connectivity index (χ0n) is 18.8. The molecule has 1 aromatic carbocycles. The maximum absolute atomic E-state index is 12.0. The van der Waals surface area contributed by atoms with E-state index in [0.717, 1.165) is 49.2 Å². The van der Waals surface area contributed by atoms with Crippen LogP contribution < -0.4 is 20.7 Å². The van der Waals surface area contributed by atoms with Crippen LogP contribution >= 0.6 is 35.3 Å². The van der Waals surface area contributed by atoms with Gasteiger partial charge in [0.15, 0.2) is 5.96 Å². The third kappa shape index (κ3) is 7.93. The molecule has 32 heavy (non-hydrogen) atoms. The number of nitrogens with zero attached hydrogens (tertiary/aromatic N) is 2. The summed E-state index contributed by atoms with van der Waals surface area (Å²) in [5, 5.41) is 11.7. The second kappa shape index (κ2) is 14.3. The van der Waals surface area contributed by atoms with E-state index >= 15 is 0 Å². The Hall–Kier alpha value is -1.85. The number of carbonyl (C=O) groups is 1. The van der Waals surface area contributed by atoms with Gasteiger partial charge in [-0.25, -0.2) is 0 Å². The molecule has 0 radical (unpaired) electrons. The summed E-state index contributed by atoms with van der Waals surface area (Å²) in [6.45, 7) is 4.35. The number of benzene rings is 1. The Kier molecular flexibility index (Phi) is 11.8. The van der Waals surface area contributed by atoms with Crippen molar-refractivity contribution in [1.82, 2.24) is 20.9 Å². The molecule has 0 spiro atoms. The number of amides is 1. The van der Waals surface area contributed by atoms with Crippen LogP contribution in [0, 0.1) is 0 Å². The van der Waals surface area contributed by atoms with Crippen molar-refractivity contribution in [3.63, 3.8) is 0 Å². The molecule has 1 aliphatic heterocycles. The number of thiophene rings is 1. The van der Waals surface area contributed by atoms with Crippen LogP contribution in [0.5, 0.6) is 5.75 Å². The largest absolute Gasteiger partial charge is 0.497 e. The highest BCUT2D eigenvalue weighted by atomic mass is 127. The van der Waals surface area contributed by atoms with Crippen LogP contribution in [0.15, 0.2) is 46.8 Å². The molecule has 7 nitrogen and oxygen atoms in total. The van der Waals surface area contributed by atoms with Crippen molar-refractivity contribution in [3.8, 4) is 5.75 Å². The molecule has 3 N–H and O–H groups in total. The number of aliphatic imine (C=N–C) groups is 1. The fourth-order valence-corrected chi connectivity index (χ4v) is 4.41. The van der Waals surface area contributed by atoms with Crippen molar-refractivity contribution in [3.05, 3.63) is 52.2 Å². The molecule has 1 atom stereocenters. The molecule has 2 heterocycles. The zero-order valence-corrected chi connectivity index (χ0v) is 21.9. The Balaban J connectivity index is 0.00000363. The molecule has 1 aromatic heterocycles. The number of likely N-dealkylation sites (tertiary alicyclic amines) is 1. The highest BCUT2D eigenvalue weighted by molar-refractivity contribution is 14.0. The summed E-state index contributed by atoms with van der Waals surface area (Å²) < 4.78 is 5.43. The molecule has 2 aromatic rings. The lowest BCUT2D eigenvalue weighted by atomic mass is 10.1. The monoisotopic (exact) mass is 571 g/mol. The number of halogens is 1. The van der Waals surface area contributed by atoms with Gasteiger partial charge in [0.2, 0.25) is 0 Å². The third-order valence-corrected chi connectivity index (χ3v) is 6.29. The van der Waals surface area contributed by atoms with Gasteiger partial charge in [0, 0.05) is 26.7 Å². The van der Waals surface area contributed by atoms with Gasteiger partial charge in [-0.15, -0.1) is 35.3 Å². The number of carbonyl (C=O) groups excluding carboxylic acids is 1. The minimum absolute atomic E-state index is 0. The minimum Gasteiger partial charge on any atom is -0.497 e. The van der Waals surface area contributed by atoms with Gasteiger partial charge in [0.25, 0.3) is 5.91 Å². The first-order chi connectivity index (χ1) is 15.2. The summed E-state index contributed by atoms with van der Waals surface area (Å²) in [7, 11) is 3.49. The van der Waals surface area contributed by atoms with Crippen LogP contribution in [0.1, 0.15) is 40.5 Å². The van der Waals surface area contributed by atoms with E-state index in [2.05, 4.69) is 44.0 Å². The Morgan fingerprint density at radius 2 is 1.94 bits per heavy atom. The second-order valence-electron chi connectivity index (χ2n) is 7.50. The fraction of sp³-hybridized carbons (Fsp3) is 0.478. The van der Waals surface area contributed by atoms with Gasteiger partial charge in [-0.05, 0) is 61.5 Å². The van der Waals surface area contributed by atoms with Crippen LogP contribution in [0.3, 0.4) is 0 Å². The van der Waals surface area contributed by atoms with E-state index in [-0.39, 0.29) is 35.9 Å². The number of hydrogen-bond acceptors (Lipinski definition) is 5. The first-order valence-electron chi connectivity index (χ1n) is 10.9. The van der Waals surface area contributed by atoms with E-state index in [0.29, 0.717) is 6.54 Å². The molecule has 0 bridgehead atoms. The summed E-state index contributed by atoms with van der Waals surface area (Å²) in [5.74, 6) is 1.65. The van der Waals surface area contributed by atoms with Crippen LogP contribution in [-0.2, 0) is 0 Å². The molecule has 3 rings (SSSR count). The van der Waals surface area contributed by atoms with Crippen LogP contribution in [0.2, 0.25) is 0 Å². The number of rotatable bonds is 10. The Morgan fingerprint density at radius 1 is 1.16 bits per heavy atom. The standard InChI is InChI=1S/C23H33N5O2S.HI/c1-24-23(26-12-7-11-25-22(29)21-10-6-15-31-21)27-17-20(28-13-3-4-14-28)18-8-5-9-19(16-18)30-2;/h5-6,8-10,15-16,20H,3-4,7,11-14,17H2,1-2H3,(H,25,29)(H2,24,26,27);1H. The van der Waals surface area contributed by atoms with Crippen molar-refractivity contribution in [1.29, 1.82) is 0 Å². The average molecular weight is 572 g/mol. The summed E-state index contributed by atoms with van der Waals surface area (Å²) >= 11 is 1.45. The maximum Gasteiger partial charge on any atom is 0.261 e. The van der Waals surface area contributed by atoms with Crippen LogP contribution in [0.4, 0.5) is 0 Å². The van der Waals surface area contributed by atoms with Gasteiger partial charge in [-0.1, -0.05) is 18.2 Å². The van der Waals surface area contributed by atoms with Gasteiger partial charge in [0.05, 0.1) is 18.0 Å². The van der Waals surface area contributed by atoms with E-state index in [1.54, 1.807) is 14.2 Å². The van der Waals surface area contributed by atoms with E-state index in [1.165, 1.54) is 29.7 Å². The van der Waals surface area contributed by atoms with Crippen molar-refractivity contribution in [2.45, 2.75) is 25.3 Å². The number of methoxy groups -OCH3 is 1. The summed E-state index contributed by atoms with van der Waals surface area (Å²) in [6, 6.07) is 12.3. The van der Waals surface area contributed by atoms with Gasteiger partial charge in [-0.2, -0.15) is 0 Å². The highest BCUT2D eigenvalue weighted by Crippen LogP contribution is 2.27. The molecule has 1 unspecified atom stereocenters. The summed E-state index contributed by atoms with van der Waals surface area (Å²) in [6.07, 6.45) is 3.30. The van der Waals surface area contributed by atoms with Crippen LogP contribution in [-0.4, -0.2) is 63.6 Å². The van der Waals surface area contributed by atoms with E-state index in [4.69, 9.17) is 4.74 Å². The highest BCUT2D eigenvalue weighted by Gasteiger charge is 2.24. The van der Waals surface area contributed by atoms with E-state index in [9.17, 15) is 4.79 Å². The molecule has 0 aliphatic carbocycles. The Morgan fingerprint density at radius 3 is 2.62 bits per heavy atom. The topological polar surface area (TPSA) is 78.0 Å². The summed E-state index contributed by atoms with van der Waals surface area (Å²) in [4.78, 5) is 19.6. The smallest absolute Gasteiger partial charge is 0.261 e. The number of hydrogen-bond donors (Lipinski definition) is 3. The fourth-order valence-electron chi connectivity index (χ4n) is 3.77. The zero-order chi connectivity index (χ0) is 21.9. The van der Waals surface area contributed by atoms with Crippen LogP contribution in [0.25, 0.3) is 0 Å². The third-order valence-electron chi connectivity index (χ3n) is 5.42. The van der Waals surface area contributed by atoms with E-state index < -0.39 is 0 Å². The van der Waals surface area contributed by atoms with Crippen molar-refractivity contribution in [2.75, 3.05) is 46.9 Å². The van der Waals surface area contributed by atoms with Gasteiger partial charge in [-0.3, -0.25) is 14.7 Å². The second-order valence-corrected chi connectivity index (χ2v) is 8.45. The predicted octanol–water partition coefficient (Wildman–Crippen LogP) is 3.50. The molecule has 1 fully saturated rings. The lowest BCUT2D eigenvalue weighted by Gasteiger charge is -2.29. The predicted molar refractivity (Wildman–Crippen MR) is 143 cm³/mol. The molecule has 9 heteroatoms. The first kappa shape index (κ1) is 26.4. The van der Waals surface area contributed by atoms with E-state index in [1.807, 2.05) is 23.6 Å². The number of ether oxygens (including phenoxy) is 1. The Bertz CT molecular complexity index is 841. The summed E-state index contributed by atoms with van der Waals surface area (Å²) in [5.41, 5.74) is 1.25. The average Bonchev–Trinajstić information content (AvgIpc) is 3.52. The molecule has 0 saturated carbocycles. The maximum atomic E-state index is 12.0. The number of nitrogens with one attached hydrogen (secondary N) is 3. The molecular formula is C23H34IN5O2S. The minimum atomic E-state index is -0.00995. The molecular weight excluding hydrogens is 537 g/mol. The molecule has 1 amide bonds. The molecule has 1 aliphatic rings. The SMILES string of the molecule is CN=C(NCCCNC(=O)c1cccs1)NCC(c1cccc(OC)c1)N1CCCC1.I. The quantitative estimate of drug-likeness (QED) is 0.176. The van der Waals surface area contributed by atoms with Gasteiger partial charge in [0.1, 0.15) is 5.75 Å².